The maximum Gasteiger partial charge on any atom is 0.264 e. The van der Waals surface area contributed by atoms with Crippen LogP contribution in [0.15, 0.2) is 106 Å². The Bertz CT molecular complexity index is 1320. The molecule has 4 rings (SSSR count). The molecular formula is C24H23NO4S2. The molecule has 0 bridgehead atoms. The van der Waals surface area contributed by atoms with E-state index in [-0.39, 0.29) is 9.79 Å². The molecule has 1 aliphatic rings. The zero-order valence-electron chi connectivity index (χ0n) is 17.2. The predicted octanol–water partition coefficient (Wildman–Crippen LogP) is 4.49. The zero-order chi connectivity index (χ0) is 22.2. The van der Waals surface area contributed by atoms with Crippen LogP contribution in [0.2, 0.25) is 0 Å². The minimum absolute atomic E-state index is 0.126. The molecule has 0 radical (unpaired) electrons. The lowest BCUT2D eigenvalue weighted by molar-refractivity contribution is 0.430. The van der Waals surface area contributed by atoms with Gasteiger partial charge in [-0.3, -0.25) is 4.31 Å². The summed E-state index contributed by atoms with van der Waals surface area (Å²) in [5.41, 5.74) is 2.04. The maximum absolute atomic E-state index is 13.6. The Morgan fingerprint density at radius 3 is 1.81 bits per heavy atom. The van der Waals surface area contributed by atoms with Crippen molar-refractivity contribution in [3.05, 3.63) is 108 Å². The number of sulfone groups is 1. The first-order chi connectivity index (χ1) is 14.7. The Labute approximate surface area is 183 Å². The second kappa shape index (κ2) is 7.98. The van der Waals surface area contributed by atoms with Crippen LogP contribution in [-0.4, -0.2) is 26.4 Å². The van der Waals surface area contributed by atoms with E-state index in [4.69, 9.17) is 0 Å². The third-order valence-corrected chi connectivity index (χ3v) is 9.47. The van der Waals surface area contributed by atoms with Crippen LogP contribution in [0.3, 0.4) is 0 Å². The van der Waals surface area contributed by atoms with Crippen LogP contribution in [0.25, 0.3) is 0 Å². The summed E-state index contributed by atoms with van der Waals surface area (Å²) < 4.78 is 55.6. The lowest BCUT2D eigenvalue weighted by Crippen LogP contribution is -2.36. The summed E-state index contributed by atoms with van der Waals surface area (Å²) in [6.45, 7) is 3.55. The summed E-state index contributed by atoms with van der Waals surface area (Å²) in [7, 11) is -7.81. The standard InChI is InChI=1S/C24H23NO4S2/c1-18-13-15-22(16-14-18)31(28,29)25-17-19(2)24(23(25)20-9-5-3-6-10-20)30(26,27)21-11-7-4-8-12-21/h3-17,23-24H,1-2H3/t23-,24-/m1/s1. The summed E-state index contributed by atoms with van der Waals surface area (Å²) in [4.78, 5) is 0.295. The van der Waals surface area contributed by atoms with Crippen molar-refractivity contribution in [2.75, 3.05) is 0 Å². The largest absolute Gasteiger partial charge is 0.264 e. The van der Waals surface area contributed by atoms with Gasteiger partial charge in [-0.15, -0.1) is 0 Å². The fourth-order valence-electron chi connectivity index (χ4n) is 3.93. The minimum Gasteiger partial charge on any atom is -0.264 e. The van der Waals surface area contributed by atoms with Crippen LogP contribution in [0.4, 0.5) is 0 Å². The Kier molecular flexibility index (Phi) is 5.49. The van der Waals surface area contributed by atoms with Crippen molar-refractivity contribution in [1.82, 2.24) is 4.31 Å². The van der Waals surface area contributed by atoms with E-state index in [0.29, 0.717) is 11.1 Å². The molecule has 0 aromatic heterocycles. The summed E-state index contributed by atoms with van der Waals surface area (Å²) in [6.07, 6.45) is 1.46. The first-order valence-electron chi connectivity index (χ1n) is 9.85. The van der Waals surface area contributed by atoms with Gasteiger partial charge in [-0.25, -0.2) is 16.8 Å². The van der Waals surface area contributed by atoms with Crippen molar-refractivity contribution >= 4 is 19.9 Å². The molecule has 3 aromatic carbocycles. The molecule has 0 amide bonds. The van der Waals surface area contributed by atoms with Gasteiger partial charge in [0.15, 0.2) is 9.84 Å². The number of nitrogens with zero attached hydrogens (tertiary/aromatic N) is 1. The van der Waals surface area contributed by atoms with E-state index in [1.54, 1.807) is 85.8 Å². The molecule has 0 saturated heterocycles. The van der Waals surface area contributed by atoms with E-state index < -0.39 is 31.2 Å². The van der Waals surface area contributed by atoms with Crippen molar-refractivity contribution in [1.29, 1.82) is 0 Å². The average Bonchev–Trinajstić information content (AvgIpc) is 3.14. The number of benzene rings is 3. The third-order valence-electron chi connectivity index (χ3n) is 5.48. The summed E-state index contributed by atoms with van der Waals surface area (Å²) in [6, 6.07) is 22.7. The molecule has 0 saturated carbocycles. The van der Waals surface area contributed by atoms with Gasteiger partial charge in [-0.1, -0.05) is 66.2 Å². The Morgan fingerprint density at radius 1 is 0.677 bits per heavy atom. The molecule has 1 aliphatic heterocycles. The first kappa shape index (κ1) is 21.3. The van der Waals surface area contributed by atoms with Gasteiger partial charge in [0.25, 0.3) is 10.0 Å². The van der Waals surface area contributed by atoms with Crippen LogP contribution in [0, 0.1) is 6.92 Å². The summed E-state index contributed by atoms with van der Waals surface area (Å²) in [5.74, 6) is 0. The van der Waals surface area contributed by atoms with E-state index in [9.17, 15) is 16.8 Å². The summed E-state index contributed by atoms with van der Waals surface area (Å²) >= 11 is 0. The van der Waals surface area contributed by atoms with Gasteiger partial charge in [0.1, 0.15) is 5.25 Å². The molecule has 1 heterocycles. The molecule has 0 fully saturated rings. The lowest BCUT2D eigenvalue weighted by atomic mass is 10.0. The van der Waals surface area contributed by atoms with Gasteiger partial charge in [-0.2, -0.15) is 0 Å². The van der Waals surface area contributed by atoms with Gasteiger partial charge in [-0.05, 0) is 49.2 Å². The number of aryl methyl sites for hydroxylation is 1. The predicted molar refractivity (Wildman–Crippen MR) is 121 cm³/mol. The van der Waals surface area contributed by atoms with Crippen LogP contribution in [0.1, 0.15) is 24.1 Å². The number of hydrogen-bond donors (Lipinski definition) is 0. The first-order valence-corrected chi connectivity index (χ1v) is 12.8. The van der Waals surface area contributed by atoms with Gasteiger partial charge in [0.05, 0.1) is 15.8 Å². The Morgan fingerprint density at radius 2 is 1.23 bits per heavy atom. The molecule has 0 aliphatic carbocycles. The highest BCUT2D eigenvalue weighted by molar-refractivity contribution is 7.92. The fourth-order valence-corrected chi connectivity index (χ4v) is 7.59. The zero-order valence-corrected chi connectivity index (χ0v) is 18.8. The second-order valence-electron chi connectivity index (χ2n) is 7.66. The SMILES string of the molecule is CC1=CN(S(=O)(=O)c2ccc(C)cc2)[C@H](c2ccccc2)[C@@H]1S(=O)(=O)c1ccccc1. The van der Waals surface area contributed by atoms with Crippen LogP contribution < -0.4 is 0 Å². The summed E-state index contributed by atoms with van der Waals surface area (Å²) in [5, 5.41) is -1.03. The quantitative estimate of drug-likeness (QED) is 0.571. The van der Waals surface area contributed by atoms with E-state index in [1.165, 1.54) is 10.5 Å². The van der Waals surface area contributed by atoms with Crippen molar-refractivity contribution in [2.24, 2.45) is 0 Å². The molecule has 160 valence electrons. The third kappa shape index (κ3) is 3.79. The maximum atomic E-state index is 13.6. The fraction of sp³-hybridized carbons (Fsp3) is 0.167. The molecule has 0 N–H and O–H groups in total. The van der Waals surface area contributed by atoms with Crippen molar-refractivity contribution < 1.29 is 16.8 Å². The van der Waals surface area contributed by atoms with Gasteiger partial charge < -0.3 is 0 Å². The molecule has 0 unspecified atom stereocenters. The van der Waals surface area contributed by atoms with Crippen molar-refractivity contribution in [3.8, 4) is 0 Å². The smallest absolute Gasteiger partial charge is 0.264 e. The molecule has 31 heavy (non-hydrogen) atoms. The van der Waals surface area contributed by atoms with E-state index in [2.05, 4.69) is 0 Å². The molecule has 3 aromatic rings. The number of sulfonamides is 1. The Balaban J connectivity index is 1.88. The van der Waals surface area contributed by atoms with Crippen LogP contribution >= 0.6 is 0 Å². The van der Waals surface area contributed by atoms with E-state index in [0.717, 1.165) is 5.56 Å². The number of rotatable bonds is 5. The molecule has 2 atom stereocenters. The Hall–Kier alpha value is -2.90. The molecule has 7 heteroatoms. The second-order valence-corrected chi connectivity index (χ2v) is 11.6. The van der Waals surface area contributed by atoms with Crippen molar-refractivity contribution in [2.45, 2.75) is 34.9 Å². The number of hydrogen-bond acceptors (Lipinski definition) is 4. The topological polar surface area (TPSA) is 71.5 Å². The van der Waals surface area contributed by atoms with E-state index >= 15 is 0 Å². The van der Waals surface area contributed by atoms with Gasteiger partial charge in [0, 0.05) is 6.20 Å². The average molecular weight is 454 g/mol. The highest BCUT2D eigenvalue weighted by Crippen LogP contribution is 2.44. The lowest BCUT2D eigenvalue weighted by Gasteiger charge is -2.30. The molecule has 5 nitrogen and oxygen atoms in total. The van der Waals surface area contributed by atoms with Crippen molar-refractivity contribution in [3.63, 3.8) is 0 Å². The highest BCUT2D eigenvalue weighted by atomic mass is 32.2. The van der Waals surface area contributed by atoms with Crippen LogP contribution in [-0.2, 0) is 19.9 Å². The monoisotopic (exact) mass is 453 g/mol. The normalized spacial score (nSPS) is 19.3. The molecular weight excluding hydrogens is 430 g/mol. The van der Waals surface area contributed by atoms with E-state index in [1.807, 2.05) is 13.0 Å². The minimum atomic E-state index is -3.97. The van der Waals surface area contributed by atoms with Gasteiger partial charge >= 0.3 is 0 Å². The van der Waals surface area contributed by atoms with Crippen LogP contribution in [0.5, 0.6) is 0 Å². The molecule has 0 spiro atoms. The van der Waals surface area contributed by atoms with Gasteiger partial charge in [0.2, 0.25) is 0 Å². The highest BCUT2D eigenvalue weighted by Gasteiger charge is 2.47.